The Hall–Kier alpha value is -1.75. The Bertz CT molecular complexity index is 488. The van der Waals surface area contributed by atoms with Crippen LogP contribution in [0.15, 0.2) is 22.9 Å². The van der Waals surface area contributed by atoms with E-state index < -0.39 is 0 Å². The van der Waals surface area contributed by atoms with Crippen molar-refractivity contribution in [3.05, 3.63) is 35.5 Å². The van der Waals surface area contributed by atoms with Gasteiger partial charge in [0.15, 0.2) is 5.75 Å². The number of hydrogen-bond donors (Lipinski definition) is 1. The largest absolute Gasteiger partial charge is 0.485 e. The van der Waals surface area contributed by atoms with Crippen LogP contribution in [0.5, 0.6) is 5.75 Å². The van der Waals surface area contributed by atoms with Gasteiger partial charge in [-0.1, -0.05) is 0 Å². The van der Waals surface area contributed by atoms with Crippen LogP contribution in [-0.2, 0) is 20.2 Å². The van der Waals surface area contributed by atoms with E-state index in [0.29, 0.717) is 6.61 Å². The third kappa shape index (κ3) is 2.88. The van der Waals surface area contributed by atoms with Gasteiger partial charge in [0, 0.05) is 12.6 Å². The van der Waals surface area contributed by atoms with Crippen LogP contribution in [0.3, 0.4) is 0 Å². The quantitative estimate of drug-likeness (QED) is 0.855. The van der Waals surface area contributed by atoms with Gasteiger partial charge in [-0.25, -0.2) is 0 Å². The van der Waals surface area contributed by atoms with Crippen molar-refractivity contribution in [3.8, 4) is 5.75 Å². The molecule has 0 aliphatic rings. The van der Waals surface area contributed by atoms with Crippen molar-refractivity contribution in [3.63, 3.8) is 0 Å². The van der Waals surface area contributed by atoms with E-state index in [4.69, 9.17) is 9.15 Å². The standard InChI is InChI=1S/C12H17N3O2/c1-9-10(4-11(17-9)5-13-2)8-16-12-6-14-15(3)7-12/h4,6-7,13H,5,8H2,1-3H3. The summed E-state index contributed by atoms with van der Waals surface area (Å²) in [6.45, 7) is 3.18. The lowest BCUT2D eigenvalue weighted by molar-refractivity contribution is 0.302. The molecule has 0 bridgehead atoms. The maximum absolute atomic E-state index is 5.62. The number of ether oxygens (including phenoxy) is 1. The van der Waals surface area contributed by atoms with Crippen molar-refractivity contribution in [2.24, 2.45) is 7.05 Å². The zero-order chi connectivity index (χ0) is 12.3. The van der Waals surface area contributed by atoms with Crippen LogP contribution in [0, 0.1) is 6.92 Å². The fourth-order valence-corrected chi connectivity index (χ4v) is 1.63. The van der Waals surface area contributed by atoms with Crippen molar-refractivity contribution in [1.82, 2.24) is 15.1 Å². The normalized spacial score (nSPS) is 10.8. The highest BCUT2D eigenvalue weighted by Crippen LogP contribution is 2.17. The van der Waals surface area contributed by atoms with E-state index in [2.05, 4.69) is 10.4 Å². The smallest absolute Gasteiger partial charge is 0.157 e. The van der Waals surface area contributed by atoms with Crippen molar-refractivity contribution >= 4 is 0 Å². The highest BCUT2D eigenvalue weighted by Gasteiger charge is 2.08. The molecule has 0 unspecified atom stereocenters. The first-order valence-corrected chi connectivity index (χ1v) is 5.53. The Balaban J connectivity index is 1.98. The van der Waals surface area contributed by atoms with Crippen LogP contribution < -0.4 is 10.1 Å². The molecule has 0 saturated carbocycles. The van der Waals surface area contributed by atoms with Crippen molar-refractivity contribution < 1.29 is 9.15 Å². The van der Waals surface area contributed by atoms with Gasteiger partial charge in [-0.3, -0.25) is 4.68 Å². The van der Waals surface area contributed by atoms with E-state index in [-0.39, 0.29) is 0 Å². The molecule has 0 fully saturated rings. The van der Waals surface area contributed by atoms with E-state index in [1.165, 1.54) is 0 Å². The van der Waals surface area contributed by atoms with Crippen LogP contribution in [0.1, 0.15) is 17.1 Å². The fraction of sp³-hybridized carbons (Fsp3) is 0.417. The monoisotopic (exact) mass is 235 g/mol. The zero-order valence-corrected chi connectivity index (χ0v) is 10.4. The molecule has 0 aliphatic heterocycles. The number of hydrogen-bond acceptors (Lipinski definition) is 4. The predicted molar refractivity (Wildman–Crippen MR) is 63.7 cm³/mol. The second-order valence-electron chi connectivity index (χ2n) is 3.96. The van der Waals surface area contributed by atoms with E-state index >= 15 is 0 Å². The first-order chi connectivity index (χ1) is 8.19. The molecule has 0 spiro atoms. The molecule has 0 amide bonds. The Kier molecular flexibility index (Phi) is 3.49. The Morgan fingerprint density at radius 2 is 2.35 bits per heavy atom. The number of nitrogens with zero attached hydrogens (tertiary/aromatic N) is 2. The van der Waals surface area contributed by atoms with Gasteiger partial charge in [0.25, 0.3) is 0 Å². The molecule has 0 saturated heterocycles. The maximum atomic E-state index is 5.62. The number of aryl methyl sites for hydroxylation is 2. The molecule has 17 heavy (non-hydrogen) atoms. The maximum Gasteiger partial charge on any atom is 0.157 e. The Morgan fingerprint density at radius 3 is 3.00 bits per heavy atom. The molecule has 0 aliphatic carbocycles. The summed E-state index contributed by atoms with van der Waals surface area (Å²) in [7, 11) is 3.75. The second kappa shape index (κ2) is 5.05. The molecule has 92 valence electrons. The molecular formula is C12H17N3O2. The molecule has 2 rings (SSSR count). The van der Waals surface area contributed by atoms with Crippen LogP contribution in [0.2, 0.25) is 0 Å². The predicted octanol–water partition coefficient (Wildman–Crippen LogP) is 1.62. The minimum atomic E-state index is 0.505. The summed E-state index contributed by atoms with van der Waals surface area (Å²) in [4.78, 5) is 0. The first kappa shape index (κ1) is 11.7. The molecule has 0 radical (unpaired) electrons. The highest BCUT2D eigenvalue weighted by molar-refractivity contribution is 5.21. The minimum absolute atomic E-state index is 0.505. The molecular weight excluding hydrogens is 218 g/mol. The summed E-state index contributed by atoms with van der Waals surface area (Å²) in [5, 5.41) is 7.10. The highest BCUT2D eigenvalue weighted by atomic mass is 16.5. The molecule has 0 aromatic carbocycles. The van der Waals surface area contributed by atoms with Gasteiger partial charge in [-0.15, -0.1) is 0 Å². The molecule has 2 aromatic heterocycles. The van der Waals surface area contributed by atoms with Crippen LogP contribution in [0.4, 0.5) is 0 Å². The number of rotatable bonds is 5. The molecule has 2 heterocycles. The molecule has 2 aromatic rings. The van der Waals surface area contributed by atoms with Gasteiger partial charge in [0.05, 0.1) is 18.9 Å². The van der Waals surface area contributed by atoms with Crippen molar-refractivity contribution in [1.29, 1.82) is 0 Å². The lowest BCUT2D eigenvalue weighted by Crippen LogP contribution is -2.03. The zero-order valence-electron chi connectivity index (χ0n) is 10.4. The minimum Gasteiger partial charge on any atom is -0.485 e. The van der Waals surface area contributed by atoms with E-state index in [9.17, 15) is 0 Å². The second-order valence-corrected chi connectivity index (χ2v) is 3.96. The molecule has 1 N–H and O–H groups in total. The number of aromatic nitrogens is 2. The van der Waals surface area contributed by atoms with Gasteiger partial charge in [-0.2, -0.15) is 5.10 Å². The lowest BCUT2D eigenvalue weighted by Gasteiger charge is -2.00. The summed E-state index contributed by atoms with van der Waals surface area (Å²) in [6, 6.07) is 2.02. The van der Waals surface area contributed by atoms with Gasteiger partial charge < -0.3 is 14.5 Å². The van der Waals surface area contributed by atoms with Gasteiger partial charge >= 0.3 is 0 Å². The topological polar surface area (TPSA) is 52.2 Å². The average Bonchev–Trinajstić information content (AvgIpc) is 2.83. The number of nitrogens with one attached hydrogen (secondary N) is 1. The lowest BCUT2D eigenvalue weighted by atomic mass is 10.2. The van der Waals surface area contributed by atoms with Crippen LogP contribution in [-0.4, -0.2) is 16.8 Å². The first-order valence-electron chi connectivity index (χ1n) is 5.53. The van der Waals surface area contributed by atoms with E-state index in [1.54, 1.807) is 10.9 Å². The van der Waals surface area contributed by atoms with E-state index in [0.717, 1.165) is 29.4 Å². The van der Waals surface area contributed by atoms with Crippen molar-refractivity contribution in [2.75, 3.05) is 7.05 Å². The van der Waals surface area contributed by atoms with Crippen LogP contribution in [0.25, 0.3) is 0 Å². The summed E-state index contributed by atoms with van der Waals surface area (Å²) >= 11 is 0. The van der Waals surface area contributed by atoms with Crippen LogP contribution >= 0.6 is 0 Å². The summed E-state index contributed by atoms with van der Waals surface area (Å²) < 4.78 is 12.9. The Morgan fingerprint density at radius 1 is 1.53 bits per heavy atom. The number of furan rings is 1. The summed E-state index contributed by atoms with van der Waals surface area (Å²) in [6.07, 6.45) is 3.54. The SMILES string of the molecule is CNCc1cc(COc2cnn(C)c2)c(C)o1. The Labute approximate surface area is 100 Å². The third-order valence-corrected chi connectivity index (χ3v) is 2.50. The summed E-state index contributed by atoms with van der Waals surface area (Å²) in [5.74, 6) is 2.59. The van der Waals surface area contributed by atoms with Gasteiger partial charge in [0.2, 0.25) is 0 Å². The molecule has 0 atom stereocenters. The average molecular weight is 235 g/mol. The van der Waals surface area contributed by atoms with Gasteiger partial charge in [0.1, 0.15) is 18.1 Å². The third-order valence-electron chi connectivity index (χ3n) is 2.50. The van der Waals surface area contributed by atoms with E-state index in [1.807, 2.05) is 33.3 Å². The summed E-state index contributed by atoms with van der Waals surface area (Å²) in [5.41, 5.74) is 1.07. The molecule has 5 heteroatoms. The van der Waals surface area contributed by atoms with Crippen molar-refractivity contribution in [2.45, 2.75) is 20.1 Å². The fourth-order valence-electron chi connectivity index (χ4n) is 1.63. The van der Waals surface area contributed by atoms with Gasteiger partial charge in [-0.05, 0) is 20.0 Å². The molecule has 5 nitrogen and oxygen atoms in total.